The van der Waals surface area contributed by atoms with Crippen molar-refractivity contribution in [2.24, 2.45) is 0 Å². The molecule has 0 saturated heterocycles. The highest BCUT2D eigenvalue weighted by molar-refractivity contribution is 7.89. The molecule has 1 aromatic rings. The summed E-state index contributed by atoms with van der Waals surface area (Å²) < 4.78 is 26.3. The van der Waals surface area contributed by atoms with Crippen LogP contribution in [0, 0.1) is 0 Å². The Hall–Kier alpha value is -0.760. The van der Waals surface area contributed by atoms with Gasteiger partial charge >= 0.3 is 0 Å². The van der Waals surface area contributed by atoms with Crippen LogP contribution in [0.1, 0.15) is 20.3 Å². The lowest BCUT2D eigenvalue weighted by atomic mass is 10.4. The zero-order valence-electron chi connectivity index (χ0n) is 11.1. The van der Waals surface area contributed by atoms with Crippen LogP contribution in [0.2, 0.25) is 5.28 Å². The van der Waals surface area contributed by atoms with Crippen LogP contribution in [-0.4, -0.2) is 49.5 Å². The van der Waals surface area contributed by atoms with Gasteiger partial charge in [0.25, 0.3) is 0 Å². The SMILES string of the molecule is CCN(CC)CCCNS(=O)(=O)c1cnc(Cl)nc1. The normalized spacial score (nSPS) is 12.0. The van der Waals surface area contributed by atoms with Crippen molar-refractivity contribution in [2.75, 3.05) is 26.2 Å². The Labute approximate surface area is 119 Å². The average molecular weight is 307 g/mol. The Morgan fingerprint density at radius 3 is 2.37 bits per heavy atom. The van der Waals surface area contributed by atoms with E-state index in [0.717, 1.165) is 26.1 Å². The maximum atomic E-state index is 11.9. The van der Waals surface area contributed by atoms with Crippen molar-refractivity contribution in [1.82, 2.24) is 19.6 Å². The molecule has 0 aliphatic carbocycles. The number of aromatic nitrogens is 2. The van der Waals surface area contributed by atoms with E-state index in [0.29, 0.717) is 6.54 Å². The molecule has 8 heteroatoms. The molecule has 1 heterocycles. The molecular formula is C11H19ClN4O2S. The molecule has 1 N–H and O–H groups in total. The standard InChI is InChI=1S/C11H19ClN4O2S/c1-3-16(4-2)7-5-6-15-19(17,18)10-8-13-11(12)14-9-10/h8-9,15H,3-7H2,1-2H3. The van der Waals surface area contributed by atoms with Gasteiger partial charge < -0.3 is 4.90 Å². The number of halogens is 1. The fourth-order valence-electron chi connectivity index (χ4n) is 1.57. The van der Waals surface area contributed by atoms with Crippen LogP contribution < -0.4 is 4.72 Å². The highest BCUT2D eigenvalue weighted by Gasteiger charge is 2.14. The molecule has 0 atom stereocenters. The second kappa shape index (κ2) is 7.74. The van der Waals surface area contributed by atoms with Crippen LogP contribution in [0.4, 0.5) is 0 Å². The van der Waals surface area contributed by atoms with Gasteiger partial charge in [0.15, 0.2) is 0 Å². The van der Waals surface area contributed by atoms with Gasteiger partial charge in [-0.1, -0.05) is 13.8 Å². The lowest BCUT2D eigenvalue weighted by Gasteiger charge is -2.17. The second-order valence-corrected chi connectivity index (χ2v) is 6.07. The summed E-state index contributed by atoms with van der Waals surface area (Å²) in [6.45, 7) is 7.36. The van der Waals surface area contributed by atoms with Crippen LogP contribution in [0.25, 0.3) is 0 Å². The van der Waals surface area contributed by atoms with Crippen LogP contribution in [0.5, 0.6) is 0 Å². The number of sulfonamides is 1. The zero-order valence-corrected chi connectivity index (χ0v) is 12.7. The van der Waals surface area contributed by atoms with Gasteiger partial charge in [-0.15, -0.1) is 0 Å². The van der Waals surface area contributed by atoms with Crippen molar-refractivity contribution in [1.29, 1.82) is 0 Å². The van der Waals surface area contributed by atoms with Crippen molar-refractivity contribution >= 4 is 21.6 Å². The summed E-state index contributed by atoms with van der Waals surface area (Å²) in [5, 5.41) is 0.0282. The first kappa shape index (κ1) is 16.3. The summed E-state index contributed by atoms with van der Waals surface area (Å²) in [6, 6.07) is 0. The van der Waals surface area contributed by atoms with Crippen molar-refractivity contribution in [3.05, 3.63) is 17.7 Å². The van der Waals surface area contributed by atoms with Gasteiger partial charge in [-0.25, -0.2) is 23.1 Å². The van der Waals surface area contributed by atoms with Gasteiger partial charge in [-0.2, -0.15) is 0 Å². The van der Waals surface area contributed by atoms with Crippen molar-refractivity contribution in [3.8, 4) is 0 Å². The summed E-state index contributed by atoms with van der Waals surface area (Å²) in [5.74, 6) is 0. The number of hydrogen-bond acceptors (Lipinski definition) is 5. The van der Waals surface area contributed by atoms with E-state index in [1.165, 1.54) is 12.4 Å². The topological polar surface area (TPSA) is 75.2 Å². The Bertz CT molecular complexity index is 474. The van der Waals surface area contributed by atoms with Crippen LogP contribution in [0.3, 0.4) is 0 Å². The minimum atomic E-state index is -3.54. The molecule has 1 aromatic heterocycles. The monoisotopic (exact) mass is 306 g/mol. The molecular weight excluding hydrogens is 288 g/mol. The van der Waals surface area contributed by atoms with E-state index in [-0.39, 0.29) is 10.2 Å². The molecule has 6 nitrogen and oxygen atoms in total. The van der Waals surface area contributed by atoms with Crippen molar-refractivity contribution in [2.45, 2.75) is 25.2 Å². The third-order valence-corrected chi connectivity index (χ3v) is 4.36. The van der Waals surface area contributed by atoms with Gasteiger partial charge in [-0.05, 0) is 37.7 Å². The number of rotatable bonds is 8. The number of nitrogens with zero attached hydrogens (tertiary/aromatic N) is 3. The molecule has 0 spiro atoms. The van der Waals surface area contributed by atoms with Gasteiger partial charge in [0.05, 0.1) is 12.4 Å². The van der Waals surface area contributed by atoms with Gasteiger partial charge in [0, 0.05) is 6.54 Å². The van der Waals surface area contributed by atoms with E-state index in [1.807, 2.05) is 0 Å². The lowest BCUT2D eigenvalue weighted by molar-refractivity contribution is 0.300. The van der Waals surface area contributed by atoms with Gasteiger partial charge in [-0.3, -0.25) is 0 Å². The van der Waals surface area contributed by atoms with E-state index >= 15 is 0 Å². The van der Waals surface area contributed by atoms with E-state index < -0.39 is 10.0 Å². The maximum absolute atomic E-state index is 11.9. The predicted molar refractivity (Wildman–Crippen MR) is 74.6 cm³/mol. The van der Waals surface area contributed by atoms with Gasteiger partial charge in [0.2, 0.25) is 15.3 Å². The summed E-state index contributed by atoms with van der Waals surface area (Å²) in [4.78, 5) is 9.57. The lowest BCUT2D eigenvalue weighted by Crippen LogP contribution is -2.30. The van der Waals surface area contributed by atoms with Crippen LogP contribution in [0.15, 0.2) is 17.3 Å². The number of nitrogens with one attached hydrogen (secondary N) is 1. The van der Waals surface area contributed by atoms with Crippen molar-refractivity contribution < 1.29 is 8.42 Å². The molecule has 0 bridgehead atoms. The minimum Gasteiger partial charge on any atom is -0.304 e. The molecule has 0 amide bonds. The molecule has 0 radical (unpaired) electrons. The Balaban J connectivity index is 2.45. The number of hydrogen-bond donors (Lipinski definition) is 1. The third kappa shape index (κ3) is 5.40. The van der Waals surface area contributed by atoms with E-state index in [4.69, 9.17) is 11.6 Å². The Morgan fingerprint density at radius 1 is 1.26 bits per heavy atom. The van der Waals surface area contributed by atoms with Crippen LogP contribution in [-0.2, 0) is 10.0 Å². The average Bonchev–Trinajstić information content (AvgIpc) is 2.39. The molecule has 0 unspecified atom stereocenters. The fraction of sp³-hybridized carbons (Fsp3) is 0.636. The van der Waals surface area contributed by atoms with Gasteiger partial charge in [0.1, 0.15) is 4.90 Å². The first-order chi connectivity index (χ1) is 8.99. The molecule has 0 saturated carbocycles. The predicted octanol–water partition coefficient (Wildman–Crippen LogP) is 1.14. The summed E-state index contributed by atoms with van der Waals surface area (Å²) in [6.07, 6.45) is 3.15. The van der Waals surface area contributed by atoms with E-state index in [2.05, 4.69) is 33.4 Å². The summed E-state index contributed by atoms with van der Waals surface area (Å²) in [5.41, 5.74) is 0. The van der Waals surface area contributed by atoms with Crippen LogP contribution >= 0.6 is 11.6 Å². The van der Waals surface area contributed by atoms with Crippen molar-refractivity contribution in [3.63, 3.8) is 0 Å². The Kier molecular flexibility index (Phi) is 6.64. The Morgan fingerprint density at radius 2 is 1.84 bits per heavy atom. The largest absolute Gasteiger partial charge is 0.304 e. The first-order valence-corrected chi connectivity index (χ1v) is 8.05. The molecule has 0 aliphatic heterocycles. The zero-order chi connectivity index (χ0) is 14.3. The molecule has 19 heavy (non-hydrogen) atoms. The molecule has 108 valence electrons. The van der Waals surface area contributed by atoms with E-state index in [1.54, 1.807) is 0 Å². The molecule has 1 rings (SSSR count). The molecule has 0 fully saturated rings. The minimum absolute atomic E-state index is 0.0275. The second-order valence-electron chi connectivity index (χ2n) is 3.97. The highest BCUT2D eigenvalue weighted by Crippen LogP contribution is 2.07. The maximum Gasteiger partial charge on any atom is 0.243 e. The fourth-order valence-corrected chi connectivity index (χ4v) is 2.63. The summed E-state index contributed by atoms with van der Waals surface area (Å²) in [7, 11) is -3.54. The quantitative estimate of drug-likeness (QED) is 0.576. The molecule has 0 aliphatic rings. The first-order valence-electron chi connectivity index (χ1n) is 6.19. The van der Waals surface area contributed by atoms with E-state index in [9.17, 15) is 8.42 Å². The highest BCUT2D eigenvalue weighted by atomic mass is 35.5. The summed E-state index contributed by atoms with van der Waals surface area (Å²) >= 11 is 5.51. The third-order valence-electron chi connectivity index (χ3n) is 2.74. The smallest absolute Gasteiger partial charge is 0.243 e. The molecule has 0 aromatic carbocycles.